The van der Waals surface area contributed by atoms with Gasteiger partial charge >= 0.3 is 0 Å². The lowest BCUT2D eigenvalue weighted by Crippen LogP contribution is -2.10. The van der Waals surface area contributed by atoms with Gasteiger partial charge in [-0.15, -0.1) is 0 Å². The Bertz CT molecular complexity index is 298. The summed E-state index contributed by atoms with van der Waals surface area (Å²) in [5, 5.41) is 0. The topological polar surface area (TPSA) is 21.6 Å². The highest BCUT2D eigenvalue weighted by Crippen LogP contribution is 2.04. The Labute approximate surface area is 92.0 Å². The highest BCUT2D eigenvalue weighted by Gasteiger charge is 2.03. The summed E-state index contributed by atoms with van der Waals surface area (Å²) in [6, 6.07) is 10.1. The summed E-state index contributed by atoms with van der Waals surface area (Å²) in [7, 11) is 0. The molecule has 0 amide bonds. The second kappa shape index (κ2) is 5.66. The average molecular weight is 205 g/mol. The van der Waals surface area contributed by atoms with E-state index in [0.717, 1.165) is 0 Å². The smallest absolute Gasteiger partial charge is 0.0819 e. The second-order valence-corrected chi connectivity index (χ2v) is 4.48. The monoisotopic (exact) mass is 205 g/mol. The molecule has 0 saturated heterocycles. The van der Waals surface area contributed by atoms with Gasteiger partial charge in [-0.2, -0.15) is 0 Å². The minimum absolute atomic E-state index is 0.00386. The average Bonchev–Trinajstić information content (AvgIpc) is 2.17. The lowest BCUT2D eigenvalue weighted by Gasteiger charge is -2.10. The fourth-order valence-electron chi connectivity index (χ4n) is 1.11. The minimum atomic E-state index is -0.00386. The molecule has 0 radical (unpaired) electrons. The van der Waals surface area contributed by atoms with Crippen LogP contribution in [0.4, 0.5) is 0 Å². The lowest BCUT2D eigenvalue weighted by molar-refractivity contribution is 0.160. The van der Waals surface area contributed by atoms with Crippen LogP contribution in [-0.4, -0.2) is 18.4 Å². The predicted octanol–water partition coefficient (Wildman–Crippen LogP) is 3.07. The maximum atomic E-state index is 5.47. The van der Waals surface area contributed by atoms with Gasteiger partial charge in [-0.1, -0.05) is 30.3 Å². The van der Waals surface area contributed by atoms with Crippen molar-refractivity contribution < 1.29 is 4.74 Å². The molecule has 0 N–H and O–H groups in total. The predicted molar refractivity (Wildman–Crippen MR) is 64.3 cm³/mol. The highest BCUT2D eigenvalue weighted by molar-refractivity contribution is 5.59. The largest absolute Gasteiger partial charge is 0.371 e. The van der Waals surface area contributed by atoms with Crippen molar-refractivity contribution >= 4 is 6.21 Å². The quantitative estimate of drug-likeness (QED) is 0.547. The summed E-state index contributed by atoms with van der Waals surface area (Å²) in [4.78, 5) is 4.34. The van der Waals surface area contributed by atoms with Crippen molar-refractivity contribution in [2.45, 2.75) is 32.9 Å². The van der Waals surface area contributed by atoms with E-state index in [0.29, 0.717) is 13.2 Å². The van der Waals surface area contributed by atoms with Crippen LogP contribution in [0, 0.1) is 0 Å². The van der Waals surface area contributed by atoms with Crippen LogP contribution < -0.4 is 0 Å². The zero-order valence-electron chi connectivity index (χ0n) is 9.73. The third kappa shape index (κ3) is 6.02. The van der Waals surface area contributed by atoms with E-state index < -0.39 is 0 Å². The number of aliphatic imine (C=N–C) groups is 1. The highest BCUT2D eigenvalue weighted by atomic mass is 16.5. The Balaban J connectivity index is 2.21. The molecule has 1 rings (SSSR count). The van der Waals surface area contributed by atoms with Crippen molar-refractivity contribution in [2.24, 2.45) is 4.99 Å². The summed E-state index contributed by atoms with van der Waals surface area (Å²) in [5.74, 6) is 0. The molecule has 1 aromatic rings. The molecule has 0 heterocycles. The van der Waals surface area contributed by atoms with Crippen LogP contribution in [0.3, 0.4) is 0 Å². The normalized spacial score (nSPS) is 12.2. The molecule has 2 nitrogen and oxygen atoms in total. The van der Waals surface area contributed by atoms with Gasteiger partial charge in [0.2, 0.25) is 0 Å². The standard InChI is InChI=1S/C13H19NO/c1-13(2,3)14-9-10-15-11-12-7-5-4-6-8-12/h4-9H,10-11H2,1-3H3. The third-order valence-corrected chi connectivity index (χ3v) is 1.78. The number of benzene rings is 1. The van der Waals surface area contributed by atoms with Crippen molar-refractivity contribution in [3.8, 4) is 0 Å². The Morgan fingerprint density at radius 1 is 1.20 bits per heavy atom. The van der Waals surface area contributed by atoms with E-state index >= 15 is 0 Å². The molecule has 0 fully saturated rings. The fourth-order valence-corrected chi connectivity index (χ4v) is 1.11. The van der Waals surface area contributed by atoms with Gasteiger partial charge in [0.1, 0.15) is 0 Å². The first-order valence-electron chi connectivity index (χ1n) is 5.23. The molecular weight excluding hydrogens is 186 g/mol. The molecular formula is C13H19NO. The molecule has 0 bridgehead atoms. The van der Waals surface area contributed by atoms with Crippen LogP contribution in [0.25, 0.3) is 0 Å². The van der Waals surface area contributed by atoms with Crippen molar-refractivity contribution in [1.82, 2.24) is 0 Å². The van der Waals surface area contributed by atoms with Crippen molar-refractivity contribution in [3.05, 3.63) is 35.9 Å². The second-order valence-electron chi connectivity index (χ2n) is 4.48. The van der Waals surface area contributed by atoms with Crippen molar-refractivity contribution in [1.29, 1.82) is 0 Å². The van der Waals surface area contributed by atoms with E-state index in [4.69, 9.17) is 4.74 Å². The Kier molecular flexibility index (Phi) is 4.50. The van der Waals surface area contributed by atoms with Gasteiger partial charge in [-0.25, -0.2) is 0 Å². The van der Waals surface area contributed by atoms with Crippen LogP contribution in [0.1, 0.15) is 26.3 Å². The zero-order chi connectivity index (χ0) is 11.1. The molecule has 0 saturated carbocycles. The zero-order valence-corrected chi connectivity index (χ0v) is 9.73. The number of rotatable bonds is 4. The summed E-state index contributed by atoms with van der Waals surface area (Å²) in [6.07, 6.45) is 1.84. The molecule has 1 aromatic carbocycles. The molecule has 82 valence electrons. The molecule has 0 unspecified atom stereocenters. The third-order valence-electron chi connectivity index (χ3n) is 1.78. The lowest BCUT2D eigenvalue weighted by atomic mass is 10.1. The Morgan fingerprint density at radius 2 is 1.87 bits per heavy atom. The SMILES string of the molecule is CC(C)(C)N=CCOCc1ccccc1. The van der Waals surface area contributed by atoms with E-state index in [-0.39, 0.29) is 5.54 Å². The first kappa shape index (κ1) is 11.9. The van der Waals surface area contributed by atoms with E-state index in [1.807, 2.05) is 24.4 Å². The summed E-state index contributed by atoms with van der Waals surface area (Å²) in [6.45, 7) is 7.44. The van der Waals surface area contributed by atoms with Crippen LogP contribution in [0.15, 0.2) is 35.3 Å². The first-order valence-corrected chi connectivity index (χ1v) is 5.23. The number of nitrogens with zero attached hydrogens (tertiary/aromatic N) is 1. The van der Waals surface area contributed by atoms with Gasteiger partial charge in [-0.3, -0.25) is 4.99 Å². The summed E-state index contributed by atoms with van der Waals surface area (Å²) < 4.78 is 5.47. The summed E-state index contributed by atoms with van der Waals surface area (Å²) in [5.41, 5.74) is 1.19. The molecule has 0 spiro atoms. The van der Waals surface area contributed by atoms with Crippen LogP contribution in [-0.2, 0) is 11.3 Å². The molecule has 0 aromatic heterocycles. The first-order chi connectivity index (χ1) is 7.08. The van der Waals surface area contributed by atoms with Crippen LogP contribution >= 0.6 is 0 Å². The molecule has 0 aliphatic carbocycles. The number of hydrogen-bond acceptors (Lipinski definition) is 2. The van der Waals surface area contributed by atoms with E-state index in [1.54, 1.807) is 0 Å². The maximum Gasteiger partial charge on any atom is 0.0819 e. The molecule has 15 heavy (non-hydrogen) atoms. The van der Waals surface area contributed by atoms with Gasteiger partial charge in [0.05, 0.1) is 18.8 Å². The van der Waals surface area contributed by atoms with Crippen LogP contribution in [0.5, 0.6) is 0 Å². The van der Waals surface area contributed by atoms with Gasteiger partial charge in [-0.05, 0) is 26.3 Å². The van der Waals surface area contributed by atoms with E-state index in [2.05, 4.69) is 37.9 Å². The number of hydrogen-bond donors (Lipinski definition) is 0. The minimum Gasteiger partial charge on any atom is -0.371 e. The summed E-state index contributed by atoms with van der Waals surface area (Å²) >= 11 is 0. The van der Waals surface area contributed by atoms with Crippen molar-refractivity contribution in [2.75, 3.05) is 6.61 Å². The fraction of sp³-hybridized carbons (Fsp3) is 0.462. The Morgan fingerprint density at radius 3 is 2.47 bits per heavy atom. The van der Waals surface area contributed by atoms with E-state index in [1.165, 1.54) is 5.56 Å². The maximum absolute atomic E-state index is 5.47. The number of ether oxygens (including phenoxy) is 1. The van der Waals surface area contributed by atoms with Gasteiger partial charge in [0.15, 0.2) is 0 Å². The van der Waals surface area contributed by atoms with Gasteiger partial charge < -0.3 is 4.74 Å². The Hall–Kier alpha value is -1.15. The molecule has 0 aliphatic heterocycles. The van der Waals surface area contributed by atoms with E-state index in [9.17, 15) is 0 Å². The van der Waals surface area contributed by atoms with Crippen molar-refractivity contribution in [3.63, 3.8) is 0 Å². The van der Waals surface area contributed by atoms with Gasteiger partial charge in [0, 0.05) is 6.21 Å². The van der Waals surface area contributed by atoms with Crippen LogP contribution in [0.2, 0.25) is 0 Å². The molecule has 2 heteroatoms. The molecule has 0 atom stereocenters. The van der Waals surface area contributed by atoms with Gasteiger partial charge in [0.25, 0.3) is 0 Å². The molecule has 0 aliphatic rings.